The van der Waals surface area contributed by atoms with E-state index in [2.05, 4.69) is 11.1 Å². The summed E-state index contributed by atoms with van der Waals surface area (Å²) in [4.78, 5) is 29.1. The van der Waals surface area contributed by atoms with Crippen molar-refractivity contribution in [3.63, 3.8) is 0 Å². The summed E-state index contributed by atoms with van der Waals surface area (Å²) in [6, 6.07) is 34.8. The molecule has 6 aromatic rings. The number of aliphatic carboxylic acids is 1. The molecule has 0 spiro atoms. The van der Waals surface area contributed by atoms with Crippen molar-refractivity contribution in [1.82, 2.24) is 4.98 Å². The molecule has 0 radical (unpaired) electrons. The van der Waals surface area contributed by atoms with Gasteiger partial charge in [-0.3, -0.25) is 4.79 Å². The van der Waals surface area contributed by atoms with Crippen LogP contribution in [0.1, 0.15) is 52.2 Å². The number of hydrogen-bond donors (Lipinski definition) is 1. The molecule has 5 aromatic carbocycles. The molecule has 1 N–H and O–H groups in total. The van der Waals surface area contributed by atoms with E-state index in [0.717, 1.165) is 50.9 Å². The molecule has 0 saturated carbocycles. The minimum Gasteiger partial charge on any atom is -0.487 e. The number of Topliss-reactive ketones (excluding diaryl/α,β-unsaturated/α-hetero) is 1. The predicted molar refractivity (Wildman–Crippen MR) is 198 cm³/mol. The third-order valence-electron chi connectivity index (χ3n) is 9.13. The van der Waals surface area contributed by atoms with Crippen molar-refractivity contribution < 1.29 is 33.0 Å². The number of fused-ring (bicyclic) bond motifs is 1. The zero-order valence-corrected chi connectivity index (χ0v) is 28.6. The van der Waals surface area contributed by atoms with Gasteiger partial charge in [0.25, 0.3) is 0 Å². The average molecular weight is 694 g/mol. The number of carboxylic acids is 1. The number of oxazole rings is 1. The third-order valence-corrected chi connectivity index (χ3v) is 9.13. The summed E-state index contributed by atoms with van der Waals surface area (Å²) in [5.41, 5.74) is 7.91. The van der Waals surface area contributed by atoms with E-state index in [4.69, 9.17) is 13.9 Å². The van der Waals surface area contributed by atoms with Crippen LogP contribution in [0.25, 0.3) is 39.8 Å². The van der Waals surface area contributed by atoms with Gasteiger partial charge in [-0.1, -0.05) is 78.9 Å². The van der Waals surface area contributed by atoms with Gasteiger partial charge in [0.1, 0.15) is 35.4 Å². The highest BCUT2D eigenvalue weighted by Gasteiger charge is 2.21. The van der Waals surface area contributed by atoms with Crippen molar-refractivity contribution in [2.45, 2.75) is 45.3 Å². The van der Waals surface area contributed by atoms with E-state index in [9.17, 15) is 19.1 Å². The fourth-order valence-corrected chi connectivity index (χ4v) is 6.26. The second kappa shape index (κ2) is 15.3. The Morgan fingerprint density at radius 1 is 0.865 bits per heavy atom. The molecule has 7 rings (SSSR count). The first-order chi connectivity index (χ1) is 25.3. The van der Waals surface area contributed by atoms with Crippen molar-refractivity contribution in [2.75, 3.05) is 0 Å². The van der Waals surface area contributed by atoms with E-state index < -0.39 is 12.1 Å². The van der Waals surface area contributed by atoms with Gasteiger partial charge >= 0.3 is 5.97 Å². The van der Waals surface area contributed by atoms with Gasteiger partial charge in [-0.2, -0.15) is 0 Å². The summed E-state index contributed by atoms with van der Waals surface area (Å²) >= 11 is 0. The van der Waals surface area contributed by atoms with Crippen LogP contribution in [0.15, 0.2) is 126 Å². The summed E-state index contributed by atoms with van der Waals surface area (Å²) < 4.78 is 31.4. The Balaban J connectivity index is 1.07. The molecule has 1 heterocycles. The number of allylic oxidation sites excluding steroid dienone is 1. The molecule has 1 aliphatic carbocycles. The summed E-state index contributed by atoms with van der Waals surface area (Å²) in [6.45, 7) is 2.06. The summed E-state index contributed by atoms with van der Waals surface area (Å²) in [6.07, 6.45) is 4.72. The van der Waals surface area contributed by atoms with Gasteiger partial charge in [-0.25, -0.2) is 14.2 Å². The zero-order valence-electron chi connectivity index (χ0n) is 28.6. The number of hydrogen-bond acceptors (Lipinski definition) is 6. The zero-order chi connectivity index (χ0) is 36.0. The van der Waals surface area contributed by atoms with Gasteiger partial charge < -0.3 is 19.0 Å². The maximum Gasteiger partial charge on any atom is 0.344 e. The largest absolute Gasteiger partial charge is 0.487 e. The Kier molecular flexibility index (Phi) is 10.1. The first-order valence-corrected chi connectivity index (χ1v) is 17.2. The fourth-order valence-electron chi connectivity index (χ4n) is 6.26. The van der Waals surface area contributed by atoms with Gasteiger partial charge in [0.2, 0.25) is 5.89 Å². The molecule has 0 amide bonds. The molecule has 0 fully saturated rings. The predicted octanol–water partition coefficient (Wildman–Crippen LogP) is 10.2. The maximum atomic E-state index is 13.3. The number of carbonyl (C=O) groups excluding carboxylic acids is 1. The van der Waals surface area contributed by atoms with Crippen LogP contribution in [0.3, 0.4) is 0 Å². The summed E-state index contributed by atoms with van der Waals surface area (Å²) in [5, 5.41) is 9.93. The van der Waals surface area contributed by atoms with E-state index >= 15 is 0 Å². The van der Waals surface area contributed by atoms with Crippen molar-refractivity contribution in [3.8, 4) is 45.2 Å². The molecular formula is C44H36FNO6. The van der Waals surface area contributed by atoms with Crippen LogP contribution in [-0.2, 0) is 17.8 Å². The molecule has 1 unspecified atom stereocenters. The number of carboxylic acid groups (broad SMARTS) is 1. The molecule has 1 atom stereocenters. The monoisotopic (exact) mass is 693 g/mol. The fraction of sp³-hybridized carbons (Fsp3) is 0.159. The summed E-state index contributed by atoms with van der Waals surface area (Å²) in [7, 11) is 0. The minimum absolute atomic E-state index is 0.179. The lowest BCUT2D eigenvalue weighted by Crippen LogP contribution is -2.26. The lowest BCUT2D eigenvalue weighted by molar-refractivity contribution is -0.145. The Hall–Kier alpha value is -6.28. The number of carbonyl (C=O) groups is 2. The van der Waals surface area contributed by atoms with Crippen LogP contribution < -0.4 is 9.47 Å². The van der Waals surface area contributed by atoms with Gasteiger partial charge in [0, 0.05) is 23.1 Å². The minimum atomic E-state index is -1.06. The molecule has 52 heavy (non-hydrogen) atoms. The van der Waals surface area contributed by atoms with E-state index in [1.807, 2.05) is 91.9 Å². The number of nitrogens with zero attached hydrogens (tertiary/aromatic N) is 1. The normalized spacial score (nSPS) is 12.9. The molecule has 0 aliphatic heterocycles. The second-order valence-corrected chi connectivity index (χ2v) is 12.7. The lowest BCUT2D eigenvalue weighted by Gasteiger charge is -2.15. The number of aromatic nitrogens is 1. The summed E-state index contributed by atoms with van der Waals surface area (Å²) in [5.74, 6) is 1.07. The van der Waals surface area contributed by atoms with Crippen LogP contribution in [0, 0.1) is 12.7 Å². The molecule has 7 nitrogen and oxygen atoms in total. The van der Waals surface area contributed by atoms with Gasteiger partial charge in [-0.15, -0.1) is 0 Å². The van der Waals surface area contributed by atoms with Gasteiger partial charge in [0.15, 0.2) is 11.9 Å². The number of benzene rings is 5. The Bertz CT molecular complexity index is 2240. The molecule has 1 aliphatic rings. The number of halogens is 1. The highest BCUT2D eigenvalue weighted by atomic mass is 19.1. The number of ketones is 1. The van der Waals surface area contributed by atoms with Crippen molar-refractivity contribution in [1.29, 1.82) is 0 Å². The van der Waals surface area contributed by atoms with Gasteiger partial charge in [0.05, 0.1) is 0 Å². The van der Waals surface area contributed by atoms with E-state index in [0.29, 0.717) is 41.7 Å². The Labute approximate surface area is 301 Å². The van der Waals surface area contributed by atoms with Crippen LogP contribution in [-0.4, -0.2) is 27.9 Å². The Morgan fingerprint density at radius 3 is 2.31 bits per heavy atom. The molecular weight excluding hydrogens is 657 g/mol. The lowest BCUT2D eigenvalue weighted by atomic mass is 9.98. The number of ether oxygens (including phenoxy) is 2. The topological polar surface area (TPSA) is 98.9 Å². The molecule has 8 heteroatoms. The van der Waals surface area contributed by atoms with E-state index in [-0.39, 0.29) is 24.6 Å². The smallest absolute Gasteiger partial charge is 0.344 e. The number of rotatable bonds is 13. The molecule has 0 saturated heterocycles. The highest BCUT2D eigenvalue weighted by molar-refractivity contribution is 6.01. The first kappa shape index (κ1) is 34.2. The third kappa shape index (κ3) is 7.87. The highest BCUT2D eigenvalue weighted by Crippen LogP contribution is 2.33. The SMILES string of the molecule is Cc1oc(-c2ccccc2)nc1COc1ccc(-c2ccc3c(c2)CCC3=O)cc1/C=C/CCC(Oc1ccc(-c2ccc(F)cc2)cc1)C(=O)O. The number of aryl methyl sites for hydroxylation is 2. The average Bonchev–Trinajstić information content (AvgIpc) is 3.74. The molecule has 260 valence electrons. The molecule has 1 aromatic heterocycles. The van der Waals surface area contributed by atoms with Crippen molar-refractivity contribution in [2.24, 2.45) is 0 Å². The maximum absolute atomic E-state index is 13.3. The molecule has 0 bridgehead atoms. The first-order valence-electron chi connectivity index (χ1n) is 17.2. The van der Waals surface area contributed by atoms with Crippen LogP contribution >= 0.6 is 0 Å². The van der Waals surface area contributed by atoms with Crippen LogP contribution in [0.5, 0.6) is 11.5 Å². The van der Waals surface area contributed by atoms with E-state index in [1.54, 1.807) is 24.3 Å². The van der Waals surface area contributed by atoms with Crippen molar-refractivity contribution >= 4 is 17.8 Å². The van der Waals surface area contributed by atoms with Crippen molar-refractivity contribution in [3.05, 3.63) is 155 Å². The Morgan fingerprint density at radius 2 is 1.56 bits per heavy atom. The second-order valence-electron chi connectivity index (χ2n) is 12.7. The quantitative estimate of drug-likeness (QED) is 0.129. The van der Waals surface area contributed by atoms with E-state index in [1.165, 1.54) is 12.1 Å². The van der Waals surface area contributed by atoms with Crippen LogP contribution in [0.2, 0.25) is 0 Å². The van der Waals surface area contributed by atoms with Gasteiger partial charge in [-0.05, 0) is 103 Å². The van der Waals surface area contributed by atoms with Crippen LogP contribution in [0.4, 0.5) is 4.39 Å². The standard InChI is InChI=1S/C44H36FNO6/c1-28-39(46-43(51-28)31-7-3-2-4-8-31)27-50-41-24-17-33(32-15-22-38-34(25-32)16-23-40(38)47)26-35(41)9-5-6-10-42(44(48)49)52-37-20-13-30(14-21-37)29-11-18-36(45)19-12-29/h2-5,7-9,11-15,17-22,24-26,42H,6,10,16,23,27H2,1H3,(H,48,49)/b9-5+.